The zero-order chi connectivity index (χ0) is 20.4. The Hall–Kier alpha value is -3.06. The zero-order valence-electron chi connectivity index (χ0n) is 16.4. The number of ether oxygens (including phenoxy) is 3. The molecular formula is C21H26N2O5. The van der Waals surface area contributed by atoms with Crippen molar-refractivity contribution < 1.29 is 23.8 Å². The molecule has 0 aliphatic carbocycles. The molecule has 2 N–H and O–H groups in total. The SMILES string of the molecule is COCCOc1cc(NC(=O)CC(C)NC(=O)c2ccccc2)ccc1OC. The summed E-state index contributed by atoms with van der Waals surface area (Å²) in [5.74, 6) is 0.661. The van der Waals surface area contributed by atoms with Gasteiger partial charge in [-0.15, -0.1) is 0 Å². The van der Waals surface area contributed by atoms with Crippen LogP contribution in [0.5, 0.6) is 11.5 Å². The van der Waals surface area contributed by atoms with E-state index < -0.39 is 0 Å². The van der Waals surface area contributed by atoms with Gasteiger partial charge in [0.05, 0.1) is 13.7 Å². The zero-order valence-corrected chi connectivity index (χ0v) is 16.4. The van der Waals surface area contributed by atoms with E-state index in [0.29, 0.717) is 36.0 Å². The van der Waals surface area contributed by atoms with Crippen LogP contribution < -0.4 is 20.1 Å². The fourth-order valence-corrected chi connectivity index (χ4v) is 2.54. The standard InChI is InChI=1S/C21H26N2O5/c1-15(22-21(25)16-7-5-4-6-8-16)13-20(24)23-17-9-10-18(27-3)19(14-17)28-12-11-26-2/h4-10,14-15H,11-13H2,1-3H3,(H,22,25)(H,23,24). The summed E-state index contributed by atoms with van der Waals surface area (Å²) in [6.45, 7) is 2.60. The number of nitrogens with one attached hydrogen (secondary N) is 2. The minimum absolute atomic E-state index is 0.143. The molecule has 7 nitrogen and oxygen atoms in total. The molecule has 2 rings (SSSR count). The first-order chi connectivity index (χ1) is 13.5. The number of carbonyl (C=O) groups excluding carboxylic acids is 2. The number of hydrogen-bond acceptors (Lipinski definition) is 5. The summed E-state index contributed by atoms with van der Waals surface area (Å²) in [5, 5.41) is 5.63. The Bertz CT molecular complexity index is 780. The first kappa shape index (κ1) is 21.2. The Morgan fingerprint density at radius 3 is 2.43 bits per heavy atom. The van der Waals surface area contributed by atoms with Gasteiger partial charge in [0, 0.05) is 36.9 Å². The molecule has 2 aromatic carbocycles. The van der Waals surface area contributed by atoms with Crippen molar-refractivity contribution in [3.8, 4) is 11.5 Å². The van der Waals surface area contributed by atoms with Gasteiger partial charge in [-0.1, -0.05) is 18.2 Å². The molecule has 0 aromatic heterocycles. The average molecular weight is 386 g/mol. The molecule has 0 aliphatic rings. The molecule has 2 amide bonds. The molecule has 2 aromatic rings. The number of anilines is 1. The predicted octanol–water partition coefficient (Wildman–Crippen LogP) is 2.87. The lowest BCUT2D eigenvalue weighted by Gasteiger charge is -2.15. The number of hydrogen-bond donors (Lipinski definition) is 2. The lowest BCUT2D eigenvalue weighted by Crippen LogP contribution is -2.35. The van der Waals surface area contributed by atoms with Gasteiger partial charge in [0.2, 0.25) is 5.91 Å². The van der Waals surface area contributed by atoms with E-state index in [9.17, 15) is 9.59 Å². The number of benzene rings is 2. The summed E-state index contributed by atoms with van der Waals surface area (Å²) in [4.78, 5) is 24.5. The summed E-state index contributed by atoms with van der Waals surface area (Å²) in [6, 6.07) is 13.7. The highest BCUT2D eigenvalue weighted by Gasteiger charge is 2.14. The van der Waals surface area contributed by atoms with Gasteiger partial charge in [-0.25, -0.2) is 0 Å². The third kappa shape index (κ3) is 6.59. The van der Waals surface area contributed by atoms with Gasteiger partial charge in [-0.05, 0) is 31.2 Å². The highest BCUT2D eigenvalue weighted by atomic mass is 16.5. The number of carbonyl (C=O) groups is 2. The molecule has 0 saturated heterocycles. The monoisotopic (exact) mass is 386 g/mol. The highest BCUT2D eigenvalue weighted by Crippen LogP contribution is 2.30. The third-order valence-electron chi connectivity index (χ3n) is 3.90. The molecule has 7 heteroatoms. The van der Waals surface area contributed by atoms with Gasteiger partial charge in [0.1, 0.15) is 6.61 Å². The largest absolute Gasteiger partial charge is 0.493 e. The summed E-state index contributed by atoms with van der Waals surface area (Å²) < 4.78 is 15.8. The highest BCUT2D eigenvalue weighted by molar-refractivity contribution is 5.95. The summed E-state index contributed by atoms with van der Waals surface area (Å²) >= 11 is 0. The first-order valence-electron chi connectivity index (χ1n) is 8.99. The van der Waals surface area contributed by atoms with Crippen LogP contribution in [0.1, 0.15) is 23.7 Å². The Morgan fingerprint density at radius 2 is 1.75 bits per heavy atom. The molecule has 1 unspecified atom stereocenters. The van der Waals surface area contributed by atoms with E-state index in [4.69, 9.17) is 14.2 Å². The van der Waals surface area contributed by atoms with Crippen LogP contribution in [0.3, 0.4) is 0 Å². The van der Waals surface area contributed by atoms with Gasteiger partial charge < -0.3 is 24.8 Å². The second-order valence-electron chi connectivity index (χ2n) is 6.20. The van der Waals surface area contributed by atoms with Gasteiger partial charge in [-0.3, -0.25) is 9.59 Å². The van der Waals surface area contributed by atoms with Crippen molar-refractivity contribution in [1.82, 2.24) is 5.32 Å². The van der Waals surface area contributed by atoms with Gasteiger partial charge in [-0.2, -0.15) is 0 Å². The Labute approximate surface area is 165 Å². The fraction of sp³-hybridized carbons (Fsp3) is 0.333. The molecule has 0 fully saturated rings. The Morgan fingerprint density at radius 1 is 1.00 bits per heavy atom. The van der Waals surface area contributed by atoms with Crippen LogP contribution in [0.15, 0.2) is 48.5 Å². The van der Waals surface area contributed by atoms with E-state index in [-0.39, 0.29) is 24.3 Å². The molecule has 150 valence electrons. The van der Waals surface area contributed by atoms with E-state index in [1.165, 1.54) is 0 Å². The lowest BCUT2D eigenvalue weighted by molar-refractivity contribution is -0.116. The summed E-state index contributed by atoms with van der Waals surface area (Å²) in [6.07, 6.45) is 0.143. The third-order valence-corrected chi connectivity index (χ3v) is 3.90. The second kappa shape index (κ2) is 10.9. The molecule has 1 atom stereocenters. The van der Waals surface area contributed by atoms with Gasteiger partial charge >= 0.3 is 0 Å². The van der Waals surface area contributed by atoms with Crippen molar-refractivity contribution in [2.75, 3.05) is 32.8 Å². The number of rotatable bonds is 10. The molecular weight excluding hydrogens is 360 g/mol. The Kier molecular flexibility index (Phi) is 8.30. The molecule has 0 radical (unpaired) electrons. The average Bonchev–Trinajstić information content (AvgIpc) is 2.69. The minimum atomic E-state index is -0.316. The normalized spacial score (nSPS) is 11.4. The number of methoxy groups -OCH3 is 2. The van der Waals surface area contributed by atoms with Gasteiger partial charge in [0.25, 0.3) is 5.91 Å². The maximum Gasteiger partial charge on any atom is 0.251 e. The maximum atomic E-state index is 12.3. The molecule has 0 saturated carbocycles. The lowest BCUT2D eigenvalue weighted by atomic mass is 10.1. The first-order valence-corrected chi connectivity index (χ1v) is 8.99. The molecule has 0 bridgehead atoms. The van der Waals surface area contributed by atoms with E-state index in [0.717, 1.165) is 0 Å². The van der Waals surface area contributed by atoms with Crippen molar-refractivity contribution in [3.63, 3.8) is 0 Å². The smallest absolute Gasteiger partial charge is 0.251 e. The minimum Gasteiger partial charge on any atom is -0.493 e. The van der Waals surface area contributed by atoms with Gasteiger partial charge in [0.15, 0.2) is 11.5 Å². The maximum absolute atomic E-state index is 12.3. The summed E-state index contributed by atoms with van der Waals surface area (Å²) in [7, 11) is 3.14. The molecule has 0 heterocycles. The summed E-state index contributed by atoms with van der Waals surface area (Å²) in [5.41, 5.74) is 1.14. The van der Waals surface area contributed by atoms with Crippen molar-refractivity contribution in [2.24, 2.45) is 0 Å². The second-order valence-corrected chi connectivity index (χ2v) is 6.20. The van der Waals surface area contributed by atoms with Crippen LogP contribution in [0.25, 0.3) is 0 Å². The molecule has 0 spiro atoms. The molecule has 0 aliphatic heterocycles. The Balaban J connectivity index is 1.91. The fourth-order valence-electron chi connectivity index (χ4n) is 2.54. The van der Waals surface area contributed by atoms with E-state index in [1.807, 2.05) is 6.07 Å². The van der Waals surface area contributed by atoms with Crippen LogP contribution in [0.4, 0.5) is 5.69 Å². The van der Waals surface area contributed by atoms with Crippen molar-refractivity contribution in [1.29, 1.82) is 0 Å². The molecule has 28 heavy (non-hydrogen) atoms. The van der Waals surface area contributed by atoms with Crippen LogP contribution in [-0.2, 0) is 9.53 Å². The topological polar surface area (TPSA) is 85.9 Å². The van der Waals surface area contributed by atoms with Crippen molar-refractivity contribution in [2.45, 2.75) is 19.4 Å². The van der Waals surface area contributed by atoms with E-state index in [2.05, 4.69) is 10.6 Å². The van der Waals surface area contributed by atoms with Crippen molar-refractivity contribution >= 4 is 17.5 Å². The number of amides is 2. The van der Waals surface area contributed by atoms with E-state index in [1.54, 1.807) is 63.6 Å². The quantitative estimate of drug-likeness (QED) is 0.613. The van der Waals surface area contributed by atoms with E-state index >= 15 is 0 Å². The van der Waals surface area contributed by atoms with Crippen LogP contribution in [0.2, 0.25) is 0 Å². The van der Waals surface area contributed by atoms with Crippen LogP contribution in [-0.4, -0.2) is 45.3 Å². The van der Waals surface area contributed by atoms with Crippen LogP contribution in [0, 0.1) is 0 Å². The predicted molar refractivity (Wildman–Crippen MR) is 107 cm³/mol. The van der Waals surface area contributed by atoms with Crippen LogP contribution >= 0.6 is 0 Å². The van der Waals surface area contributed by atoms with Crippen molar-refractivity contribution in [3.05, 3.63) is 54.1 Å².